The molecule has 0 saturated carbocycles. The first-order valence-electron chi connectivity index (χ1n) is 5.96. The van der Waals surface area contributed by atoms with Crippen LogP contribution >= 0.6 is 35.0 Å². The van der Waals surface area contributed by atoms with Crippen molar-refractivity contribution in [1.82, 2.24) is 5.32 Å². The number of rotatable bonds is 8. The zero-order valence-corrected chi connectivity index (χ0v) is 13.1. The lowest BCUT2D eigenvalue weighted by atomic mass is 10.3. The summed E-state index contributed by atoms with van der Waals surface area (Å²) < 4.78 is 40.9. The van der Waals surface area contributed by atoms with Crippen molar-refractivity contribution in [2.75, 3.05) is 25.4 Å². The van der Waals surface area contributed by atoms with Crippen LogP contribution in [0, 0.1) is 0 Å². The number of thioether (sulfide) groups is 1. The van der Waals surface area contributed by atoms with Crippen molar-refractivity contribution in [2.24, 2.45) is 0 Å². The van der Waals surface area contributed by atoms with E-state index in [0.29, 0.717) is 10.0 Å². The fourth-order valence-corrected chi connectivity index (χ4v) is 2.35. The first-order chi connectivity index (χ1) is 9.79. The molecule has 1 aromatic rings. The van der Waals surface area contributed by atoms with E-state index < -0.39 is 11.6 Å². The molecule has 0 spiro atoms. The Morgan fingerprint density at radius 3 is 2.48 bits per heavy atom. The zero-order chi connectivity index (χ0) is 15.9. The summed E-state index contributed by atoms with van der Waals surface area (Å²) in [7, 11) is 0. The number of halogens is 5. The van der Waals surface area contributed by atoms with E-state index in [4.69, 9.17) is 27.9 Å². The van der Waals surface area contributed by atoms with E-state index in [2.05, 4.69) is 5.32 Å². The molecule has 0 aromatic heterocycles. The summed E-state index contributed by atoms with van der Waals surface area (Å²) in [6, 6.07) is 4.86. The number of aliphatic hydroxyl groups excluding tert-OH is 1. The highest BCUT2D eigenvalue weighted by Crippen LogP contribution is 2.32. The van der Waals surface area contributed by atoms with Crippen LogP contribution in [0.3, 0.4) is 0 Å². The van der Waals surface area contributed by atoms with Crippen molar-refractivity contribution >= 4 is 35.0 Å². The van der Waals surface area contributed by atoms with Crippen molar-refractivity contribution in [2.45, 2.75) is 11.6 Å². The van der Waals surface area contributed by atoms with Gasteiger partial charge in [-0.3, -0.25) is 0 Å². The monoisotopic (exact) mass is 363 g/mol. The minimum Gasteiger partial charge on any atom is -0.488 e. The van der Waals surface area contributed by atoms with E-state index in [1.165, 1.54) is 0 Å². The van der Waals surface area contributed by atoms with Crippen LogP contribution in [0.2, 0.25) is 10.0 Å². The number of para-hydroxylation sites is 1. The molecule has 120 valence electrons. The average molecular weight is 364 g/mol. The number of ether oxygens (including phenoxy) is 1. The fraction of sp³-hybridized carbons (Fsp3) is 0.500. The number of nitrogens with one attached hydrogen (secondary N) is 1. The molecule has 0 fully saturated rings. The molecule has 0 bridgehead atoms. The van der Waals surface area contributed by atoms with E-state index in [1.54, 1.807) is 18.2 Å². The third-order valence-electron chi connectivity index (χ3n) is 2.26. The third kappa shape index (κ3) is 8.01. The molecule has 0 aliphatic heterocycles. The van der Waals surface area contributed by atoms with E-state index in [0.717, 1.165) is 0 Å². The van der Waals surface area contributed by atoms with Crippen LogP contribution in [0.1, 0.15) is 0 Å². The van der Waals surface area contributed by atoms with Crippen LogP contribution in [-0.4, -0.2) is 42.2 Å². The first kappa shape index (κ1) is 18.7. The summed E-state index contributed by atoms with van der Waals surface area (Å²) in [5.74, 6) is 0.153. The Balaban J connectivity index is 2.21. The predicted octanol–water partition coefficient (Wildman–Crippen LogP) is 3.58. The number of hydrogen-bond acceptors (Lipinski definition) is 4. The molecule has 1 rings (SSSR count). The van der Waals surface area contributed by atoms with Crippen LogP contribution in [-0.2, 0) is 0 Å². The Bertz CT molecular complexity index is 429. The SMILES string of the molecule is OC(CNCCSC(F)(F)F)COc1c(Cl)cccc1Cl. The van der Waals surface area contributed by atoms with E-state index in [-0.39, 0.29) is 43.0 Å². The maximum atomic E-state index is 11.9. The van der Waals surface area contributed by atoms with Gasteiger partial charge in [-0.25, -0.2) is 0 Å². The Morgan fingerprint density at radius 2 is 1.90 bits per heavy atom. The zero-order valence-electron chi connectivity index (χ0n) is 10.8. The molecule has 21 heavy (non-hydrogen) atoms. The summed E-state index contributed by atoms with van der Waals surface area (Å²) in [6.07, 6.45) is -0.881. The molecule has 0 saturated heterocycles. The molecule has 0 aliphatic rings. The number of aliphatic hydroxyl groups is 1. The van der Waals surface area contributed by atoms with Crippen LogP contribution in [0.15, 0.2) is 18.2 Å². The Hall–Kier alpha value is -0.340. The maximum Gasteiger partial charge on any atom is 0.441 e. The predicted molar refractivity (Wildman–Crippen MR) is 79.3 cm³/mol. The van der Waals surface area contributed by atoms with Crippen LogP contribution in [0.5, 0.6) is 5.75 Å². The Kier molecular flexibility index (Phi) is 7.97. The van der Waals surface area contributed by atoms with Crippen LogP contribution in [0.4, 0.5) is 13.2 Å². The summed E-state index contributed by atoms with van der Waals surface area (Å²) >= 11 is 11.7. The standard InChI is InChI=1S/C12H14Cl2F3NO2S/c13-9-2-1-3-10(14)11(9)20-7-8(19)6-18-4-5-21-12(15,16)17/h1-3,8,18-19H,4-7H2. The van der Waals surface area contributed by atoms with Gasteiger partial charge in [0.05, 0.1) is 10.0 Å². The molecule has 3 nitrogen and oxygen atoms in total. The maximum absolute atomic E-state index is 11.9. The second-order valence-electron chi connectivity index (χ2n) is 4.01. The van der Waals surface area contributed by atoms with Gasteiger partial charge in [0.1, 0.15) is 12.7 Å². The van der Waals surface area contributed by atoms with Crippen molar-refractivity contribution in [1.29, 1.82) is 0 Å². The van der Waals surface area contributed by atoms with E-state index >= 15 is 0 Å². The minimum atomic E-state index is -4.23. The smallest absolute Gasteiger partial charge is 0.441 e. The van der Waals surface area contributed by atoms with E-state index in [9.17, 15) is 18.3 Å². The van der Waals surface area contributed by atoms with Gasteiger partial charge in [0.2, 0.25) is 0 Å². The highest BCUT2D eigenvalue weighted by atomic mass is 35.5. The molecular weight excluding hydrogens is 350 g/mol. The first-order valence-corrected chi connectivity index (χ1v) is 7.70. The number of hydrogen-bond donors (Lipinski definition) is 2. The van der Waals surface area contributed by atoms with Crippen molar-refractivity contribution in [3.63, 3.8) is 0 Å². The fourth-order valence-electron chi connectivity index (χ4n) is 1.37. The molecule has 9 heteroatoms. The molecule has 0 aliphatic carbocycles. The lowest BCUT2D eigenvalue weighted by Crippen LogP contribution is -2.33. The van der Waals surface area contributed by atoms with Gasteiger partial charge in [-0.2, -0.15) is 13.2 Å². The molecule has 1 unspecified atom stereocenters. The minimum absolute atomic E-state index is 0.0666. The van der Waals surface area contributed by atoms with Crippen LogP contribution < -0.4 is 10.1 Å². The highest BCUT2D eigenvalue weighted by Gasteiger charge is 2.27. The normalized spacial score (nSPS) is 13.2. The summed E-state index contributed by atoms with van der Waals surface area (Å²) in [4.78, 5) is 0. The van der Waals surface area contributed by atoms with Gasteiger partial charge < -0.3 is 15.2 Å². The van der Waals surface area contributed by atoms with Gasteiger partial charge in [0, 0.05) is 18.8 Å². The molecule has 1 atom stereocenters. The third-order valence-corrected chi connectivity index (χ3v) is 3.59. The second-order valence-corrected chi connectivity index (χ2v) is 5.99. The van der Waals surface area contributed by atoms with Gasteiger partial charge in [-0.1, -0.05) is 29.3 Å². The largest absolute Gasteiger partial charge is 0.488 e. The summed E-state index contributed by atoms with van der Waals surface area (Å²) in [5.41, 5.74) is -4.23. The summed E-state index contributed by atoms with van der Waals surface area (Å²) in [5, 5.41) is 13.0. The second kappa shape index (κ2) is 8.95. The lowest BCUT2D eigenvalue weighted by molar-refractivity contribution is -0.0327. The molecule has 0 heterocycles. The van der Waals surface area contributed by atoms with Crippen molar-refractivity contribution in [3.05, 3.63) is 28.2 Å². The molecule has 0 radical (unpaired) electrons. The van der Waals surface area contributed by atoms with Gasteiger partial charge in [-0.15, -0.1) is 0 Å². The van der Waals surface area contributed by atoms with Crippen molar-refractivity contribution < 1.29 is 23.0 Å². The lowest BCUT2D eigenvalue weighted by Gasteiger charge is -2.15. The quantitative estimate of drug-likeness (QED) is 0.692. The Morgan fingerprint density at radius 1 is 1.29 bits per heavy atom. The molecular formula is C12H14Cl2F3NO2S. The van der Waals surface area contributed by atoms with Gasteiger partial charge >= 0.3 is 5.51 Å². The van der Waals surface area contributed by atoms with Gasteiger partial charge in [0.25, 0.3) is 0 Å². The highest BCUT2D eigenvalue weighted by molar-refractivity contribution is 8.00. The molecule has 2 N–H and O–H groups in total. The molecule has 0 amide bonds. The van der Waals surface area contributed by atoms with Gasteiger partial charge in [-0.05, 0) is 23.9 Å². The van der Waals surface area contributed by atoms with Crippen LogP contribution in [0.25, 0.3) is 0 Å². The number of alkyl halides is 3. The van der Waals surface area contributed by atoms with Crippen molar-refractivity contribution in [3.8, 4) is 5.75 Å². The molecule has 1 aromatic carbocycles. The number of benzene rings is 1. The topological polar surface area (TPSA) is 41.5 Å². The van der Waals surface area contributed by atoms with E-state index in [1.807, 2.05) is 0 Å². The van der Waals surface area contributed by atoms with Gasteiger partial charge in [0.15, 0.2) is 5.75 Å². The summed E-state index contributed by atoms with van der Waals surface area (Å²) in [6.45, 7) is 0.178. The Labute approximate surface area is 134 Å². The average Bonchev–Trinajstić information content (AvgIpc) is 2.36.